The molecule has 0 spiro atoms. The molecule has 0 saturated carbocycles. The summed E-state index contributed by atoms with van der Waals surface area (Å²) in [6, 6.07) is 2.81. The molecule has 1 saturated heterocycles. The molecule has 0 bridgehead atoms. The lowest BCUT2D eigenvalue weighted by Gasteiger charge is -2.24. The van der Waals surface area contributed by atoms with E-state index < -0.39 is 10.0 Å². The summed E-state index contributed by atoms with van der Waals surface area (Å²) < 4.78 is 35.4. The third-order valence-electron chi connectivity index (χ3n) is 2.36. The topological polar surface area (TPSA) is 80.0 Å². The Labute approximate surface area is 93.5 Å². The predicted octanol–water partition coefficient (Wildman–Crippen LogP) is -0.207. The van der Waals surface area contributed by atoms with Gasteiger partial charge in [-0.25, -0.2) is 8.42 Å². The number of aliphatic hydroxyl groups is 1. The van der Waals surface area contributed by atoms with Gasteiger partial charge in [0.15, 0.2) is 0 Å². The van der Waals surface area contributed by atoms with E-state index >= 15 is 0 Å². The first-order chi connectivity index (χ1) is 7.64. The van der Waals surface area contributed by atoms with Crippen molar-refractivity contribution in [1.29, 1.82) is 0 Å². The maximum Gasteiger partial charge on any atom is 0.276 e. The fourth-order valence-electron chi connectivity index (χ4n) is 1.50. The zero-order valence-corrected chi connectivity index (χ0v) is 9.44. The third-order valence-corrected chi connectivity index (χ3v) is 4.13. The lowest BCUT2D eigenvalue weighted by atomic mass is 10.5. The van der Waals surface area contributed by atoms with Gasteiger partial charge in [0.05, 0.1) is 13.2 Å². The second-order valence-corrected chi connectivity index (χ2v) is 5.26. The van der Waals surface area contributed by atoms with Gasteiger partial charge in [-0.2, -0.15) is 4.31 Å². The molecule has 1 aliphatic rings. The number of hydrogen-bond acceptors (Lipinski definition) is 5. The summed E-state index contributed by atoms with van der Waals surface area (Å²) in [7, 11) is -3.58. The van der Waals surface area contributed by atoms with Gasteiger partial charge in [0.2, 0.25) is 5.09 Å². The van der Waals surface area contributed by atoms with E-state index in [1.54, 1.807) is 0 Å². The van der Waals surface area contributed by atoms with Crippen molar-refractivity contribution < 1.29 is 22.7 Å². The first kappa shape index (κ1) is 11.6. The summed E-state index contributed by atoms with van der Waals surface area (Å²) in [4.78, 5) is 0. The summed E-state index contributed by atoms with van der Waals surface area (Å²) in [6.45, 7) is 1.15. The van der Waals surface area contributed by atoms with Crippen molar-refractivity contribution in [2.45, 2.75) is 11.7 Å². The number of nitrogens with zero attached hydrogens (tertiary/aromatic N) is 1. The van der Waals surface area contributed by atoms with Gasteiger partial charge in [0, 0.05) is 13.1 Å². The van der Waals surface area contributed by atoms with Crippen LogP contribution in [0.15, 0.2) is 21.6 Å². The average Bonchev–Trinajstić information content (AvgIpc) is 2.79. The molecule has 0 aromatic carbocycles. The van der Waals surface area contributed by atoms with E-state index in [-0.39, 0.29) is 17.5 Å². The van der Waals surface area contributed by atoms with Crippen molar-refractivity contribution in [1.82, 2.24) is 4.31 Å². The minimum absolute atomic E-state index is 0.126. The smallest absolute Gasteiger partial charge is 0.276 e. The summed E-state index contributed by atoms with van der Waals surface area (Å²) in [6.07, 6.45) is 0. The van der Waals surface area contributed by atoms with Crippen molar-refractivity contribution in [2.24, 2.45) is 0 Å². The molecular formula is C9H13NO5S. The third kappa shape index (κ3) is 2.12. The fourth-order valence-corrected chi connectivity index (χ4v) is 2.83. The Balaban J connectivity index is 2.23. The van der Waals surface area contributed by atoms with E-state index in [0.717, 1.165) is 0 Å². The van der Waals surface area contributed by atoms with Crippen molar-refractivity contribution in [3.05, 3.63) is 17.9 Å². The number of morpholine rings is 1. The summed E-state index contributed by atoms with van der Waals surface area (Å²) >= 11 is 0. The first-order valence-corrected chi connectivity index (χ1v) is 6.36. The van der Waals surface area contributed by atoms with E-state index in [1.165, 1.54) is 16.4 Å². The van der Waals surface area contributed by atoms with Crippen LogP contribution < -0.4 is 0 Å². The number of sulfonamides is 1. The highest BCUT2D eigenvalue weighted by Gasteiger charge is 2.28. The van der Waals surface area contributed by atoms with Crippen molar-refractivity contribution >= 4 is 10.0 Å². The maximum absolute atomic E-state index is 12.0. The second kappa shape index (κ2) is 4.54. The lowest BCUT2D eigenvalue weighted by Crippen LogP contribution is -2.40. The largest absolute Gasteiger partial charge is 0.446 e. The Morgan fingerprint density at radius 3 is 2.56 bits per heavy atom. The summed E-state index contributed by atoms with van der Waals surface area (Å²) in [5.74, 6) is 0.242. The molecule has 16 heavy (non-hydrogen) atoms. The van der Waals surface area contributed by atoms with Crippen LogP contribution in [-0.4, -0.2) is 44.1 Å². The van der Waals surface area contributed by atoms with Gasteiger partial charge >= 0.3 is 0 Å². The van der Waals surface area contributed by atoms with Gasteiger partial charge in [-0.05, 0) is 12.1 Å². The van der Waals surface area contributed by atoms with Crippen LogP contribution in [0.25, 0.3) is 0 Å². The van der Waals surface area contributed by atoms with Crippen molar-refractivity contribution in [2.75, 3.05) is 26.3 Å². The molecule has 1 aromatic rings. The highest BCUT2D eigenvalue weighted by Crippen LogP contribution is 2.19. The van der Waals surface area contributed by atoms with Crippen LogP contribution in [0.5, 0.6) is 0 Å². The van der Waals surface area contributed by atoms with Crippen LogP contribution in [0, 0.1) is 0 Å². The molecule has 0 aliphatic carbocycles. The number of ether oxygens (including phenoxy) is 1. The minimum Gasteiger partial charge on any atom is -0.446 e. The van der Waals surface area contributed by atoms with E-state index in [0.29, 0.717) is 26.3 Å². The van der Waals surface area contributed by atoms with E-state index in [9.17, 15) is 8.42 Å². The van der Waals surface area contributed by atoms with Crippen LogP contribution in [0.2, 0.25) is 0 Å². The molecule has 90 valence electrons. The Morgan fingerprint density at radius 1 is 1.31 bits per heavy atom. The van der Waals surface area contributed by atoms with Crippen LogP contribution in [0.3, 0.4) is 0 Å². The van der Waals surface area contributed by atoms with Gasteiger partial charge in [0.25, 0.3) is 10.0 Å². The molecule has 1 N–H and O–H groups in total. The maximum atomic E-state index is 12.0. The van der Waals surface area contributed by atoms with Crippen LogP contribution in [-0.2, 0) is 21.4 Å². The second-order valence-electron chi connectivity index (χ2n) is 3.40. The molecule has 7 heteroatoms. The number of furan rings is 1. The van der Waals surface area contributed by atoms with Gasteiger partial charge in [-0.3, -0.25) is 0 Å². The monoisotopic (exact) mass is 247 g/mol. The molecule has 6 nitrogen and oxygen atoms in total. The number of rotatable bonds is 3. The van der Waals surface area contributed by atoms with Crippen molar-refractivity contribution in [3.8, 4) is 0 Å². The molecule has 0 amide bonds. The van der Waals surface area contributed by atoms with Crippen molar-refractivity contribution in [3.63, 3.8) is 0 Å². The molecule has 2 rings (SSSR count). The predicted molar refractivity (Wildman–Crippen MR) is 54.2 cm³/mol. The van der Waals surface area contributed by atoms with Gasteiger partial charge in [-0.15, -0.1) is 0 Å². The summed E-state index contributed by atoms with van der Waals surface area (Å²) in [5, 5.41) is 8.68. The zero-order chi connectivity index (χ0) is 11.6. The highest BCUT2D eigenvalue weighted by atomic mass is 32.2. The molecule has 1 fully saturated rings. The number of hydrogen-bond donors (Lipinski definition) is 1. The molecule has 1 aliphatic heterocycles. The minimum atomic E-state index is -3.58. The molecule has 0 unspecified atom stereocenters. The SMILES string of the molecule is O=S(=O)(c1ccc(CO)o1)N1CCOCC1. The first-order valence-electron chi connectivity index (χ1n) is 4.92. The lowest BCUT2D eigenvalue weighted by molar-refractivity contribution is 0.0723. The Bertz CT molecular complexity index is 446. The molecule has 0 radical (unpaired) electrons. The van der Waals surface area contributed by atoms with Crippen LogP contribution in [0.4, 0.5) is 0 Å². The Hall–Kier alpha value is -0.890. The zero-order valence-electron chi connectivity index (χ0n) is 8.63. The average molecular weight is 247 g/mol. The fraction of sp³-hybridized carbons (Fsp3) is 0.556. The van der Waals surface area contributed by atoms with E-state index in [4.69, 9.17) is 14.3 Å². The molecule has 2 heterocycles. The summed E-state index contributed by atoms with van der Waals surface area (Å²) in [5.41, 5.74) is 0. The van der Waals surface area contributed by atoms with Gasteiger partial charge < -0.3 is 14.3 Å². The van der Waals surface area contributed by atoms with Gasteiger partial charge in [0.1, 0.15) is 12.4 Å². The number of aliphatic hydroxyl groups excluding tert-OH is 1. The molecule has 1 aromatic heterocycles. The van der Waals surface area contributed by atoms with E-state index in [2.05, 4.69) is 0 Å². The standard InChI is InChI=1S/C9H13NO5S/c11-7-8-1-2-9(15-8)16(12,13)10-3-5-14-6-4-10/h1-2,11H,3-7H2. The molecule has 0 atom stereocenters. The Kier molecular flexibility index (Phi) is 3.29. The molecular weight excluding hydrogens is 234 g/mol. The van der Waals surface area contributed by atoms with Crippen LogP contribution in [0.1, 0.15) is 5.76 Å². The van der Waals surface area contributed by atoms with Gasteiger partial charge in [-0.1, -0.05) is 0 Å². The highest BCUT2D eigenvalue weighted by molar-refractivity contribution is 7.89. The Morgan fingerprint density at radius 2 is 2.00 bits per heavy atom. The van der Waals surface area contributed by atoms with E-state index in [1.807, 2.05) is 0 Å². The quantitative estimate of drug-likeness (QED) is 0.799. The van der Waals surface area contributed by atoms with Crippen LogP contribution >= 0.6 is 0 Å². The normalized spacial score (nSPS) is 18.8.